The molecule has 0 spiro atoms. The van der Waals surface area contributed by atoms with E-state index >= 15 is 0 Å². The summed E-state index contributed by atoms with van der Waals surface area (Å²) in [6.07, 6.45) is -0.119. The third kappa shape index (κ3) is 3.62. The second kappa shape index (κ2) is 8.87. The van der Waals surface area contributed by atoms with Crippen molar-refractivity contribution in [2.75, 3.05) is 21.3 Å². The Balaban J connectivity index is 1.94. The van der Waals surface area contributed by atoms with Crippen LogP contribution in [0.1, 0.15) is 13.8 Å². The predicted octanol–water partition coefficient (Wildman–Crippen LogP) is 6.31. The molecule has 0 amide bonds. The Morgan fingerprint density at radius 1 is 0.714 bits per heavy atom. The van der Waals surface area contributed by atoms with E-state index in [1.807, 2.05) is 68.4 Å². The van der Waals surface area contributed by atoms with Crippen molar-refractivity contribution in [2.24, 2.45) is 0 Å². The van der Waals surface area contributed by atoms with E-state index in [0.717, 1.165) is 38.2 Å². The molecule has 0 bridgehead atoms. The third-order valence-corrected chi connectivity index (χ3v) is 6.18. The lowest BCUT2D eigenvalue weighted by atomic mass is 9.93. The minimum absolute atomic E-state index is 0.119. The fraction of sp³-hybridized carbons (Fsp3) is 0.207. The van der Waals surface area contributed by atoms with Gasteiger partial charge in [0, 0.05) is 21.7 Å². The molecule has 5 rings (SSSR count). The van der Waals surface area contributed by atoms with E-state index in [1.165, 1.54) is 0 Å². The molecule has 0 atom stereocenters. The predicted molar refractivity (Wildman–Crippen MR) is 140 cm³/mol. The molecule has 1 heterocycles. The summed E-state index contributed by atoms with van der Waals surface area (Å²) in [6, 6.07) is 19.8. The average Bonchev–Trinajstić information content (AvgIpc) is 2.87. The lowest BCUT2D eigenvalue weighted by Gasteiger charge is -2.19. The van der Waals surface area contributed by atoms with Crippen LogP contribution in [0.3, 0.4) is 0 Å². The first kappa shape index (κ1) is 22.6. The highest BCUT2D eigenvalue weighted by molar-refractivity contribution is 6.19. The van der Waals surface area contributed by atoms with Crippen molar-refractivity contribution in [3.8, 4) is 34.1 Å². The van der Waals surface area contributed by atoms with Crippen LogP contribution in [0.25, 0.3) is 43.6 Å². The molecule has 35 heavy (non-hydrogen) atoms. The van der Waals surface area contributed by atoms with E-state index in [0.29, 0.717) is 28.4 Å². The summed E-state index contributed by atoms with van der Waals surface area (Å²) in [4.78, 5) is 16.6. The normalized spacial score (nSPS) is 11.4. The molecule has 0 fully saturated rings. The first-order valence-corrected chi connectivity index (χ1v) is 11.4. The highest BCUT2D eigenvalue weighted by Gasteiger charge is 2.21. The number of aromatic amines is 1. The monoisotopic (exact) mass is 469 g/mol. The molecular weight excluding hydrogens is 442 g/mol. The fourth-order valence-corrected chi connectivity index (χ4v) is 4.74. The van der Waals surface area contributed by atoms with E-state index in [1.54, 1.807) is 21.3 Å². The van der Waals surface area contributed by atoms with Gasteiger partial charge in [0.2, 0.25) is 0 Å². The topological polar surface area (TPSA) is 69.8 Å². The number of rotatable bonds is 6. The number of methoxy groups -OCH3 is 3. The van der Waals surface area contributed by atoms with Gasteiger partial charge in [-0.15, -0.1) is 0 Å². The van der Waals surface area contributed by atoms with Crippen LogP contribution in [-0.2, 0) is 0 Å². The summed E-state index contributed by atoms with van der Waals surface area (Å²) < 4.78 is 23.0. The van der Waals surface area contributed by atoms with Gasteiger partial charge in [-0.05, 0) is 43.0 Å². The summed E-state index contributed by atoms with van der Waals surface area (Å²) in [5.74, 6) is 2.20. The van der Waals surface area contributed by atoms with Gasteiger partial charge < -0.3 is 23.9 Å². The first-order chi connectivity index (χ1) is 17.0. The lowest BCUT2D eigenvalue weighted by Crippen LogP contribution is -2.13. The number of fused-ring (bicyclic) bond motifs is 5. The molecule has 0 unspecified atom stereocenters. The Kier molecular flexibility index (Phi) is 5.73. The maximum absolute atomic E-state index is 13.5. The zero-order chi connectivity index (χ0) is 24.7. The van der Waals surface area contributed by atoms with Crippen LogP contribution in [0, 0.1) is 0 Å². The van der Waals surface area contributed by atoms with E-state index in [9.17, 15) is 4.79 Å². The van der Waals surface area contributed by atoms with E-state index in [-0.39, 0.29) is 11.7 Å². The Labute approximate surface area is 203 Å². The van der Waals surface area contributed by atoms with Crippen LogP contribution in [0.5, 0.6) is 23.0 Å². The Morgan fingerprint density at radius 2 is 1.40 bits per heavy atom. The summed E-state index contributed by atoms with van der Waals surface area (Å²) in [6.45, 7) is 3.84. The smallest absolute Gasteiger partial charge is 0.260 e. The van der Waals surface area contributed by atoms with Gasteiger partial charge in [0.05, 0.1) is 38.3 Å². The molecule has 1 N–H and O–H groups in total. The van der Waals surface area contributed by atoms with Crippen LogP contribution in [0.4, 0.5) is 0 Å². The van der Waals surface area contributed by atoms with Crippen LogP contribution >= 0.6 is 0 Å². The molecule has 0 aliphatic carbocycles. The quantitative estimate of drug-likeness (QED) is 0.295. The molecule has 6 heteroatoms. The van der Waals surface area contributed by atoms with Crippen molar-refractivity contribution in [3.63, 3.8) is 0 Å². The molecular formula is C29H27NO5. The molecule has 178 valence electrons. The number of nitrogens with one attached hydrogen (secondary N) is 1. The van der Waals surface area contributed by atoms with Gasteiger partial charge in [-0.25, -0.2) is 0 Å². The van der Waals surface area contributed by atoms with E-state index in [4.69, 9.17) is 18.9 Å². The minimum Gasteiger partial charge on any atom is -0.493 e. The number of pyridine rings is 1. The second-order valence-corrected chi connectivity index (χ2v) is 8.58. The summed E-state index contributed by atoms with van der Waals surface area (Å²) in [7, 11) is 4.82. The first-order valence-electron chi connectivity index (χ1n) is 11.4. The number of aromatic nitrogens is 1. The number of hydrogen-bond donors (Lipinski definition) is 1. The zero-order valence-corrected chi connectivity index (χ0v) is 20.4. The van der Waals surface area contributed by atoms with Crippen molar-refractivity contribution in [2.45, 2.75) is 20.0 Å². The van der Waals surface area contributed by atoms with E-state index < -0.39 is 0 Å². The van der Waals surface area contributed by atoms with Gasteiger partial charge in [0.25, 0.3) is 5.56 Å². The van der Waals surface area contributed by atoms with Gasteiger partial charge in [-0.1, -0.05) is 42.5 Å². The van der Waals surface area contributed by atoms with Gasteiger partial charge >= 0.3 is 0 Å². The Bertz CT molecular complexity index is 1620. The van der Waals surface area contributed by atoms with Crippen molar-refractivity contribution >= 4 is 32.4 Å². The maximum atomic E-state index is 13.5. The number of ether oxygens (including phenoxy) is 4. The van der Waals surface area contributed by atoms with Crippen LogP contribution in [-0.4, -0.2) is 32.4 Å². The lowest BCUT2D eigenvalue weighted by molar-refractivity contribution is 0.233. The van der Waals surface area contributed by atoms with Crippen molar-refractivity contribution in [1.82, 2.24) is 4.98 Å². The minimum atomic E-state index is -0.245. The molecule has 0 saturated heterocycles. The zero-order valence-electron chi connectivity index (χ0n) is 20.4. The molecule has 1 aromatic heterocycles. The number of benzene rings is 4. The van der Waals surface area contributed by atoms with Gasteiger partial charge in [-0.2, -0.15) is 0 Å². The summed E-state index contributed by atoms with van der Waals surface area (Å²) >= 11 is 0. The fourth-order valence-electron chi connectivity index (χ4n) is 4.74. The molecule has 0 aliphatic heterocycles. The van der Waals surface area contributed by atoms with Crippen molar-refractivity contribution in [1.29, 1.82) is 0 Å². The van der Waals surface area contributed by atoms with Gasteiger partial charge in [-0.3, -0.25) is 4.79 Å². The summed E-state index contributed by atoms with van der Waals surface area (Å²) in [5, 5.41) is 3.96. The molecule has 5 aromatic rings. The van der Waals surface area contributed by atoms with Crippen LogP contribution < -0.4 is 24.5 Å². The van der Waals surface area contributed by atoms with Gasteiger partial charge in [0.15, 0.2) is 23.0 Å². The number of hydrogen-bond acceptors (Lipinski definition) is 5. The second-order valence-electron chi connectivity index (χ2n) is 8.58. The van der Waals surface area contributed by atoms with Gasteiger partial charge in [0.1, 0.15) is 0 Å². The SMILES string of the molecule is COc1cc2c(ccc3c4ccc(OC)c(OC(C)C)c4c(=O)[nH]c23)c(-c2ccccc2)c1OC. The van der Waals surface area contributed by atoms with Crippen LogP contribution in [0.15, 0.2) is 65.5 Å². The average molecular weight is 470 g/mol. The molecule has 0 saturated carbocycles. The molecule has 6 nitrogen and oxygen atoms in total. The van der Waals surface area contributed by atoms with Crippen molar-refractivity contribution < 1.29 is 18.9 Å². The Morgan fingerprint density at radius 3 is 2.06 bits per heavy atom. The third-order valence-electron chi connectivity index (χ3n) is 6.18. The molecule has 0 aliphatic rings. The molecule has 0 radical (unpaired) electrons. The summed E-state index contributed by atoms with van der Waals surface area (Å²) in [5.41, 5.74) is 2.38. The molecule has 4 aromatic carbocycles. The maximum Gasteiger partial charge on any atom is 0.260 e. The van der Waals surface area contributed by atoms with Crippen molar-refractivity contribution in [3.05, 3.63) is 71.0 Å². The Hall–Kier alpha value is -4.19. The highest BCUT2D eigenvalue weighted by atomic mass is 16.5. The van der Waals surface area contributed by atoms with Crippen LogP contribution in [0.2, 0.25) is 0 Å². The standard InChI is InChI=1S/C29H27NO5/c1-16(2)35-28-22(32-3)14-13-18-20-12-11-19-21(26(20)30-29(31)25(18)28)15-23(33-4)27(34-5)24(19)17-9-7-6-8-10-17/h6-16H,1-5H3,(H,30,31). The largest absolute Gasteiger partial charge is 0.493 e. The van der Waals surface area contributed by atoms with E-state index in [2.05, 4.69) is 11.1 Å². The highest BCUT2D eigenvalue weighted by Crippen LogP contribution is 2.46. The number of H-pyrrole nitrogens is 1.